The van der Waals surface area contributed by atoms with Gasteiger partial charge in [-0.25, -0.2) is 8.78 Å². The van der Waals surface area contributed by atoms with E-state index >= 15 is 0 Å². The predicted molar refractivity (Wildman–Crippen MR) is 52.4 cm³/mol. The molecular formula is C10H9ClF2O2. The van der Waals surface area contributed by atoms with Crippen LogP contribution in [0.5, 0.6) is 5.75 Å². The number of methoxy groups -OCH3 is 1. The molecule has 1 rings (SSSR count). The van der Waals surface area contributed by atoms with E-state index in [1.807, 2.05) is 0 Å². The van der Waals surface area contributed by atoms with Crippen molar-refractivity contribution in [2.75, 3.05) is 7.11 Å². The summed E-state index contributed by atoms with van der Waals surface area (Å²) >= 11 is 5.55. The lowest BCUT2D eigenvalue weighted by Crippen LogP contribution is -2.02. The minimum Gasteiger partial charge on any atom is -0.492 e. The molecule has 0 N–H and O–H groups in total. The first-order valence-electron chi connectivity index (χ1n) is 4.19. The molecule has 0 saturated carbocycles. The average Bonchev–Trinajstić information content (AvgIpc) is 2.23. The van der Waals surface area contributed by atoms with Crippen molar-refractivity contribution in [1.29, 1.82) is 0 Å². The smallest absolute Gasteiger partial charge is 0.176 e. The molecule has 82 valence electrons. The molecule has 0 amide bonds. The molecule has 1 aromatic rings. The Morgan fingerprint density at radius 1 is 1.53 bits per heavy atom. The van der Waals surface area contributed by atoms with Gasteiger partial charge in [0.15, 0.2) is 11.6 Å². The van der Waals surface area contributed by atoms with Gasteiger partial charge in [0.1, 0.15) is 17.1 Å². The van der Waals surface area contributed by atoms with Crippen molar-refractivity contribution in [2.24, 2.45) is 0 Å². The largest absolute Gasteiger partial charge is 0.492 e. The molecule has 0 aliphatic rings. The first kappa shape index (κ1) is 11.9. The molecule has 0 bridgehead atoms. The van der Waals surface area contributed by atoms with Gasteiger partial charge in [-0.05, 0) is 6.07 Å². The van der Waals surface area contributed by atoms with Crippen LogP contribution in [0.25, 0.3) is 0 Å². The molecule has 0 aliphatic carbocycles. The molecule has 1 aromatic carbocycles. The number of ether oxygens (including phenoxy) is 1. The number of aldehydes is 1. The lowest BCUT2D eigenvalue weighted by atomic mass is 10.0. The molecule has 5 heteroatoms. The van der Waals surface area contributed by atoms with Crippen LogP contribution in [0.1, 0.15) is 18.4 Å². The third-order valence-corrected chi connectivity index (χ3v) is 2.38. The number of carbonyl (C=O) groups is 1. The van der Waals surface area contributed by atoms with Crippen molar-refractivity contribution in [3.8, 4) is 5.75 Å². The van der Waals surface area contributed by atoms with E-state index in [4.69, 9.17) is 11.6 Å². The second kappa shape index (κ2) is 4.57. The molecule has 0 saturated heterocycles. The van der Waals surface area contributed by atoms with Gasteiger partial charge < -0.3 is 9.53 Å². The van der Waals surface area contributed by atoms with Crippen molar-refractivity contribution in [3.63, 3.8) is 0 Å². The van der Waals surface area contributed by atoms with Gasteiger partial charge in [0.25, 0.3) is 0 Å². The maximum Gasteiger partial charge on any atom is 0.176 e. The number of hydrogen-bond acceptors (Lipinski definition) is 2. The van der Waals surface area contributed by atoms with Gasteiger partial charge in [0.05, 0.1) is 7.11 Å². The molecular weight excluding hydrogens is 226 g/mol. The first-order valence-corrected chi connectivity index (χ1v) is 4.57. The third-order valence-electron chi connectivity index (χ3n) is 2.04. The Hall–Kier alpha value is -1.16. The molecule has 0 spiro atoms. The Bertz CT molecular complexity index is 393. The van der Waals surface area contributed by atoms with Crippen LogP contribution in [0.4, 0.5) is 8.78 Å². The van der Waals surface area contributed by atoms with Crippen LogP contribution in [-0.4, -0.2) is 13.4 Å². The summed E-state index contributed by atoms with van der Waals surface area (Å²) in [6, 6.07) is 0.916. The molecule has 1 unspecified atom stereocenters. The highest BCUT2D eigenvalue weighted by Crippen LogP contribution is 2.34. The second-order valence-electron chi connectivity index (χ2n) is 3.03. The van der Waals surface area contributed by atoms with Crippen LogP contribution in [0.2, 0.25) is 5.02 Å². The normalized spacial score (nSPS) is 12.3. The zero-order valence-corrected chi connectivity index (χ0v) is 8.94. The quantitative estimate of drug-likeness (QED) is 0.594. The first-order chi connectivity index (χ1) is 7.02. The maximum absolute atomic E-state index is 13.5. The lowest BCUT2D eigenvalue weighted by Gasteiger charge is -2.11. The zero-order chi connectivity index (χ0) is 11.6. The number of halogens is 3. The summed E-state index contributed by atoms with van der Waals surface area (Å²) in [4.78, 5) is 10.5. The van der Waals surface area contributed by atoms with Crippen molar-refractivity contribution in [2.45, 2.75) is 12.8 Å². The van der Waals surface area contributed by atoms with Crippen LogP contribution in [0.3, 0.4) is 0 Å². The van der Waals surface area contributed by atoms with Gasteiger partial charge in [-0.1, -0.05) is 18.5 Å². The summed E-state index contributed by atoms with van der Waals surface area (Å²) in [5, 5.41) is -0.443. The Morgan fingerprint density at radius 2 is 2.13 bits per heavy atom. The molecule has 0 aliphatic heterocycles. The molecule has 15 heavy (non-hydrogen) atoms. The van der Waals surface area contributed by atoms with E-state index < -0.39 is 22.6 Å². The average molecular weight is 235 g/mol. The van der Waals surface area contributed by atoms with Crippen molar-refractivity contribution in [1.82, 2.24) is 0 Å². The standard InChI is InChI=1S/C10H9ClF2O2/c1-5(4-14)6-3-7(12)10(15-2)8(11)9(6)13/h3-5H,1-2H3. The Kier molecular flexibility index (Phi) is 3.63. The number of benzene rings is 1. The molecule has 2 nitrogen and oxygen atoms in total. The van der Waals surface area contributed by atoms with Gasteiger partial charge >= 0.3 is 0 Å². The SMILES string of the molecule is COc1c(F)cc(C(C)C=O)c(F)c1Cl. The van der Waals surface area contributed by atoms with Gasteiger partial charge in [-0.2, -0.15) is 0 Å². The number of rotatable bonds is 3. The summed E-state index contributed by atoms with van der Waals surface area (Å²) in [6.07, 6.45) is 0.515. The highest BCUT2D eigenvalue weighted by molar-refractivity contribution is 6.32. The van der Waals surface area contributed by atoms with E-state index in [-0.39, 0.29) is 11.3 Å². The number of carbonyl (C=O) groups excluding carboxylic acids is 1. The monoisotopic (exact) mass is 234 g/mol. The van der Waals surface area contributed by atoms with Crippen molar-refractivity contribution < 1.29 is 18.3 Å². The Morgan fingerprint density at radius 3 is 2.60 bits per heavy atom. The van der Waals surface area contributed by atoms with Crippen LogP contribution in [0.15, 0.2) is 6.07 Å². The van der Waals surface area contributed by atoms with E-state index in [9.17, 15) is 13.6 Å². The Labute approximate surface area is 90.8 Å². The molecule has 0 radical (unpaired) electrons. The van der Waals surface area contributed by atoms with Crippen molar-refractivity contribution >= 4 is 17.9 Å². The highest BCUT2D eigenvalue weighted by atomic mass is 35.5. The molecule has 0 fully saturated rings. The van der Waals surface area contributed by atoms with Crippen LogP contribution in [0, 0.1) is 11.6 Å². The van der Waals surface area contributed by atoms with E-state index in [0.717, 1.165) is 6.07 Å². The van der Waals surface area contributed by atoms with Crippen LogP contribution >= 0.6 is 11.6 Å². The van der Waals surface area contributed by atoms with Gasteiger partial charge in [0.2, 0.25) is 0 Å². The second-order valence-corrected chi connectivity index (χ2v) is 3.41. The van der Waals surface area contributed by atoms with E-state index in [1.165, 1.54) is 14.0 Å². The van der Waals surface area contributed by atoms with E-state index in [0.29, 0.717) is 6.29 Å². The minimum absolute atomic E-state index is 0.0756. The zero-order valence-electron chi connectivity index (χ0n) is 8.18. The topological polar surface area (TPSA) is 26.3 Å². The highest BCUT2D eigenvalue weighted by Gasteiger charge is 2.20. The van der Waals surface area contributed by atoms with Crippen molar-refractivity contribution in [3.05, 3.63) is 28.3 Å². The molecule has 0 heterocycles. The Balaban J connectivity index is 3.40. The minimum atomic E-state index is -0.825. The summed E-state index contributed by atoms with van der Waals surface area (Å²) in [5.41, 5.74) is -0.0756. The van der Waals surface area contributed by atoms with Gasteiger partial charge in [-0.15, -0.1) is 0 Å². The third kappa shape index (κ3) is 2.09. The summed E-state index contributed by atoms with van der Waals surface area (Å²) in [7, 11) is 1.19. The summed E-state index contributed by atoms with van der Waals surface area (Å²) in [5.74, 6) is -2.71. The van der Waals surface area contributed by atoms with Crippen LogP contribution < -0.4 is 4.74 Å². The number of hydrogen-bond donors (Lipinski definition) is 0. The van der Waals surface area contributed by atoms with Crippen LogP contribution in [-0.2, 0) is 4.79 Å². The van der Waals surface area contributed by atoms with Gasteiger partial charge in [0, 0.05) is 11.5 Å². The van der Waals surface area contributed by atoms with Gasteiger partial charge in [-0.3, -0.25) is 0 Å². The van der Waals surface area contributed by atoms with E-state index in [1.54, 1.807) is 0 Å². The fourth-order valence-electron chi connectivity index (χ4n) is 1.19. The molecule has 1 atom stereocenters. The van der Waals surface area contributed by atoms with E-state index in [2.05, 4.69) is 4.74 Å². The predicted octanol–water partition coefficient (Wildman–Crippen LogP) is 2.93. The fourth-order valence-corrected chi connectivity index (χ4v) is 1.46. The fraction of sp³-hybridized carbons (Fsp3) is 0.300. The summed E-state index contributed by atoms with van der Waals surface area (Å²) in [6.45, 7) is 1.45. The summed E-state index contributed by atoms with van der Waals surface area (Å²) < 4.78 is 31.4. The molecule has 0 aromatic heterocycles. The lowest BCUT2D eigenvalue weighted by molar-refractivity contribution is -0.108. The maximum atomic E-state index is 13.5.